The van der Waals surface area contributed by atoms with Crippen molar-refractivity contribution < 1.29 is 25.2 Å². The van der Waals surface area contributed by atoms with E-state index >= 15 is 0 Å². The van der Waals surface area contributed by atoms with E-state index < -0.39 is 42.5 Å². The number of amidine groups is 1. The van der Waals surface area contributed by atoms with Crippen LogP contribution in [0.1, 0.15) is 0 Å². The highest BCUT2D eigenvalue weighted by Crippen LogP contribution is 2.37. The molecule has 0 unspecified atom stereocenters. The Morgan fingerprint density at radius 2 is 2.06 bits per heavy atom. The van der Waals surface area contributed by atoms with E-state index in [1.165, 1.54) is 11.8 Å². The van der Waals surface area contributed by atoms with Gasteiger partial charge >= 0.3 is 0 Å². The SMILES string of the molecule is CN(C)C1=N[C@@H]2[C@@H](O)[C@H](O)[C@@H]([C@H](O)CO)O[C@@H]2S1. The van der Waals surface area contributed by atoms with Crippen LogP contribution in [0.3, 0.4) is 0 Å². The number of aliphatic imine (C=N–C) groups is 1. The number of nitrogens with zero attached hydrogens (tertiary/aromatic N) is 2. The van der Waals surface area contributed by atoms with Crippen molar-refractivity contribution in [2.75, 3.05) is 20.7 Å². The first-order valence-electron chi connectivity index (χ1n) is 5.68. The summed E-state index contributed by atoms with van der Waals surface area (Å²) >= 11 is 1.33. The molecule has 6 atom stereocenters. The van der Waals surface area contributed by atoms with Crippen LogP contribution in [-0.2, 0) is 4.74 Å². The molecule has 104 valence electrons. The number of rotatable bonds is 2. The van der Waals surface area contributed by atoms with Gasteiger partial charge in [-0.25, -0.2) is 0 Å². The van der Waals surface area contributed by atoms with Crippen LogP contribution in [0.15, 0.2) is 4.99 Å². The van der Waals surface area contributed by atoms with Gasteiger partial charge in [0.2, 0.25) is 0 Å². The molecular weight excluding hydrogens is 260 g/mol. The quantitative estimate of drug-likeness (QED) is 0.455. The van der Waals surface area contributed by atoms with E-state index in [0.717, 1.165) is 0 Å². The van der Waals surface area contributed by atoms with Gasteiger partial charge in [0, 0.05) is 14.1 Å². The molecule has 0 aromatic carbocycles. The maximum absolute atomic E-state index is 10.0. The number of hydrogen-bond donors (Lipinski definition) is 4. The fourth-order valence-corrected chi connectivity index (χ4v) is 3.16. The Balaban J connectivity index is 2.14. The van der Waals surface area contributed by atoms with Crippen molar-refractivity contribution in [2.45, 2.75) is 35.9 Å². The van der Waals surface area contributed by atoms with Crippen molar-refractivity contribution in [3.05, 3.63) is 0 Å². The Morgan fingerprint density at radius 1 is 1.39 bits per heavy atom. The van der Waals surface area contributed by atoms with Crippen LogP contribution in [0.25, 0.3) is 0 Å². The summed E-state index contributed by atoms with van der Waals surface area (Å²) in [6, 6.07) is -0.551. The molecule has 8 heteroatoms. The van der Waals surface area contributed by atoms with Gasteiger partial charge in [0.15, 0.2) is 5.17 Å². The molecule has 0 aromatic heterocycles. The van der Waals surface area contributed by atoms with E-state index in [1.807, 2.05) is 14.1 Å². The summed E-state index contributed by atoms with van der Waals surface area (Å²) in [6.07, 6.45) is -4.60. The average molecular weight is 278 g/mol. The van der Waals surface area contributed by atoms with E-state index in [4.69, 9.17) is 9.84 Å². The number of fused-ring (bicyclic) bond motifs is 1. The third-order valence-electron chi connectivity index (χ3n) is 3.04. The van der Waals surface area contributed by atoms with Crippen molar-refractivity contribution in [2.24, 2.45) is 4.99 Å². The lowest BCUT2D eigenvalue weighted by molar-refractivity contribution is -0.190. The molecule has 0 aromatic rings. The summed E-state index contributed by atoms with van der Waals surface area (Å²) in [4.78, 5) is 6.08. The Labute approximate surface area is 109 Å². The van der Waals surface area contributed by atoms with Gasteiger partial charge in [0.1, 0.15) is 35.9 Å². The third kappa shape index (κ3) is 2.36. The highest BCUT2D eigenvalue weighted by Gasteiger charge is 2.50. The zero-order chi connectivity index (χ0) is 13.4. The summed E-state index contributed by atoms with van der Waals surface area (Å²) in [6.45, 7) is -0.530. The van der Waals surface area contributed by atoms with E-state index in [0.29, 0.717) is 5.17 Å². The molecule has 0 radical (unpaired) electrons. The average Bonchev–Trinajstić information content (AvgIpc) is 2.77. The molecule has 0 spiro atoms. The summed E-state index contributed by atoms with van der Waals surface area (Å²) in [7, 11) is 3.65. The van der Waals surface area contributed by atoms with E-state index in [2.05, 4.69) is 4.99 Å². The first-order chi connectivity index (χ1) is 8.45. The predicted molar refractivity (Wildman–Crippen MR) is 66.3 cm³/mol. The molecule has 0 aliphatic carbocycles. The Hall–Kier alpha value is -0.380. The molecular formula is C10H18N2O5S. The van der Waals surface area contributed by atoms with Gasteiger partial charge in [-0.3, -0.25) is 4.99 Å². The van der Waals surface area contributed by atoms with E-state index in [-0.39, 0.29) is 0 Å². The molecule has 0 amide bonds. The highest BCUT2D eigenvalue weighted by atomic mass is 32.2. The fraction of sp³-hybridized carbons (Fsp3) is 0.900. The molecule has 0 saturated carbocycles. The topological polar surface area (TPSA) is 106 Å². The third-order valence-corrected chi connectivity index (χ3v) is 4.34. The summed E-state index contributed by atoms with van der Waals surface area (Å²) in [5.41, 5.74) is -0.452. The first kappa shape index (κ1) is 14.0. The second-order valence-corrected chi connectivity index (χ2v) is 5.68. The van der Waals surface area contributed by atoms with E-state index in [9.17, 15) is 15.3 Å². The summed E-state index contributed by atoms with van der Waals surface area (Å²) < 4.78 is 5.53. The van der Waals surface area contributed by atoms with Crippen LogP contribution in [0.5, 0.6) is 0 Å². The van der Waals surface area contributed by atoms with Crippen molar-refractivity contribution in [1.29, 1.82) is 0 Å². The Kier molecular flexibility index (Phi) is 4.15. The van der Waals surface area contributed by atoms with Crippen LogP contribution in [0, 0.1) is 0 Å². The number of aliphatic hydroxyl groups excluding tert-OH is 4. The summed E-state index contributed by atoms with van der Waals surface area (Å²) in [5.74, 6) is 0. The van der Waals surface area contributed by atoms with Crippen molar-refractivity contribution >= 4 is 16.9 Å². The second-order valence-electron chi connectivity index (χ2n) is 4.61. The minimum absolute atomic E-state index is 0.452. The molecule has 0 bridgehead atoms. The molecule has 2 aliphatic heterocycles. The number of thioether (sulfide) groups is 1. The van der Waals surface area contributed by atoms with Crippen LogP contribution in [0.2, 0.25) is 0 Å². The van der Waals surface area contributed by atoms with Gasteiger partial charge < -0.3 is 30.1 Å². The van der Waals surface area contributed by atoms with Gasteiger partial charge in [0.25, 0.3) is 0 Å². The van der Waals surface area contributed by atoms with Gasteiger partial charge in [-0.1, -0.05) is 11.8 Å². The fourth-order valence-electron chi connectivity index (χ4n) is 2.01. The lowest BCUT2D eigenvalue weighted by Gasteiger charge is -2.39. The van der Waals surface area contributed by atoms with Crippen molar-refractivity contribution in [3.8, 4) is 0 Å². The number of aliphatic hydroxyl groups is 4. The standard InChI is InChI=1S/C10H18N2O5S/c1-12(2)10-11-5-6(15)7(16)8(4(14)3-13)17-9(5)18-10/h4-9,13-16H,3H2,1-2H3/t4-,5-,6-,7+,8-,9-/m1/s1. The van der Waals surface area contributed by atoms with Gasteiger partial charge in [-0.2, -0.15) is 0 Å². The van der Waals surface area contributed by atoms with Crippen LogP contribution >= 0.6 is 11.8 Å². The molecule has 1 saturated heterocycles. The number of hydrogen-bond acceptors (Lipinski definition) is 8. The van der Waals surface area contributed by atoms with Crippen molar-refractivity contribution in [1.82, 2.24) is 4.90 Å². The predicted octanol–water partition coefficient (Wildman–Crippen LogP) is -2.18. The molecule has 2 aliphatic rings. The van der Waals surface area contributed by atoms with Gasteiger partial charge in [-0.15, -0.1) is 0 Å². The monoisotopic (exact) mass is 278 g/mol. The molecule has 2 rings (SSSR count). The minimum Gasteiger partial charge on any atom is -0.394 e. The van der Waals surface area contributed by atoms with Crippen LogP contribution in [-0.4, -0.2) is 87.1 Å². The van der Waals surface area contributed by atoms with Gasteiger partial charge in [0.05, 0.1) is 6.61 Å². The van der Waals surface area contributed by atoms with E-state index in [1.54, 1.807) is 4.90 Å². The Morgan fingerprint density at radius 3 is 2.61 bits per heavy atom. The maximum atomic E-state index is 10.0. The molecule has 1 fully saturated rings. The normalized spacial score (nSPS) is 41.2. The Bertz CT molecular complexity index is 340. The number of ether oxygens (including phenoxy) is 1. The smallest absolute Gasteiger partial charge is 0.161 e. The molecule has 7 nitrogen and oxygen atoms in total. The molecule has 18 heavy (non-hydrogen) atoms. The minimum atomic E-state index is -1.26. The highest BCUT2D eigenvalue weighted by molar-refractivity contribution is 8.14. The van der Waals surface area contributed by atoms with Crippen LogP contribution in [0.4, 0.5) is 0 Å². The summed E-state index contributed by atoms with van der Waals surface area (Å²) in [5, 5.41) is 39.0. The van der Waals surface area contributed by atoms with Crippen molar-refractivity contribution in [3.63, 3.8) is 0 Å². The largest absolute Gasteiger partial charge is 0.394 e. The zero-order valence-corrected chi connectivity index (χ0v) is 11.0. The lowest BCUT2D eigenvalue weighted by Crippen LogP contribution is -2.58. The van der Waals surface area contributed by atoms with Crippen LogP contribution < -0.4 is 0 Å². The molecule has 2 heterocycles. The van der Waals surface area contributed by atoms with Gasteiger partial charge in [-0.05, 0) is 0 Å². The first-order valence-corrected chi connectivity index (χ1v) is 6.56. The maximum Gasteiger partial charge on any atom is 0.161 e. The molecule has 4 N–H and O–H groups in total. The second kappa shape index (κ2) is 5.32. The zero-order valence-electron chi connectivity index (χ0n) is 10.2. The lowest BCUT2D eigenvalue weighted by atomic mass is 9.95.